The van der Waals surface area contributed by atoms with Crippen molar-refractivity contribution in [2.24, 2.45) is 0 Å². The van der Waals surface area contributed by atoms with Gasteiger partial charge in [0.1, 0.15) is 18.3 Å². The maximum Gasteiger partial charge on any atom is 0.305 e. The Morgan fingerprint density at radius 2 is 2.25 bits per heavy atom. The summed E-state index contributed by atoms with van der Waals surface area (Å²) in [5.74, 6) is 0.0573. The molecule has 3 unspecified atom stereocenters. The molecule has 0 aliphatic carbocycles. The van der Waals surface area contributed by atoms with E-state index < -0.39 is 37.9 Å². The van der Waals surface area contributed by atoms with Gasteiger partial charge >= 0.3 is 5.97 Å². The van der Waals surface area contributed by atoms with Crippen LogP contribution in [0.15, 0.2) is 9.95 Å². The number of nitrogens with one attached hydrogen (secondary N) is 1. The number of H-pyrrole nitrogens is 1. The zero-order valence-electron chi connectivity index (χ0n) is 16.8. The summed E-state index contributed by atoms with van der Waals surface area (Å²) in [7, 11) is -3.24. The summed E-state index contributed by atoms with van der Waals surface area (Å²) < 4.78 is 33.0. The third kappa shape index (κ3) is 4.55. The first-order chi connectivity index (χ1) is 15.2. The van der Waals surface area contributed by atoms with Crippen LogP contribution in [0, 0.1) is 0 Å². The summed E-state index contributed by atoms with van der Waals surface area (Å²) in [5, 5.41) is 11.1. The Bertz CT molecular complexity index is 1120. The van der Waals surface area contributed by atoms with E-state index in [1.165, 1.54) is 23.4 Å². The van der Waals surface area contributed by atoms with Crippen molar-refractivity contribution < 1.29 is 37.9 Å². The Balaban J connectivity index is 1.62. The number of ether oxygens (including phenoxy) is 2. The summed E-state index contributed by atoms with van der Waals surface area (Å²) in [6.45, 7) is -0.322. The zero-order chi connectivity index (χ0) is 23.0. The number of fused-ring (bicyclic) bond motifs is 2. The molecule has 5 atom stereocenters. The molecule has 0 aromatic carbocycles. The second kappa shape index (κ2) is 9.09. The zero-order valence-corrected chi connectivity index (χ0v) is 18.5. The number of phosphoric ester groups is 1. The lowest BCUT2D eigenvalue weighted by atomic mass is 10.1. The summed E-state index contributed by atoms with van der Waals surface area (Å²) in [6.07, 6.45) is -3.11. The van der Waals surface area contributed by atoms with E-state index in [1.807, 2.05) is 0 Å². The summed E-state index contributed by atoms with van der Waals surface area (Å²) in [6, 6.07) is 0. The van der Waals surface area contributed by atoms with Crippen LogP contribution in [0.3, 0.4) is 0 Å². The minimum absolute atomic E-state index is 0.0198. The van der Waals surface area contributed by atoms with E-state index in [9.17, 15) is 24.2 Å². The van der Waals surface area contributed by atoms with Gasteiger partial charge in [0.05, 0.1) is 13.7 Å². The molecule has 2 aromatic heterocycles. The number of nitrogens with zero attached hydrogens (tertiary/aromatic N) is 3. The molecule has 14 nitrogen and oxygen atoms in total. The first kappa shape index (κ1) is 23.2. The van der Waals surface area contributed by atoms with Gasteiger partial charge in [0.25, 0.3) is 13.4 Å². The molecule has 0 saturated carbocycles. The van der Waals surface area contributed by atoms with Crippen LogP contribution >= 0.6 is 19.6 Å². The standard InChI is InChI=1S/C16H22N5O9PS/c1-27-8(22)4-2-3-5-32-16-18-9-12(19-15(17)20-13(9)24)21(16)14-10(23)11-7(29-14)6-28-31(25,26)30-11/h7,10-11,14,23H,2-6H2,1H3,(H,25,26)(H3,17,19,20,24)/p-1/t7?,10?,11-,14-/m1/s1. The summed E-state index contributed by atoms with van der Waals surface area (Å²) in [5.41, 5.74) is 5.16. The number of hydrogen-bond donors (Lipinski definition) is 3. The maximum atomic E-state index is 12.3. The number of thioether (sulfide) groups is 1. The molecule has 4 rings (SSSR count). The van der Waals surface area contributed by atoms with Gasteiger partial charge in [-0.15, -0.1) is 0 Å². The molecular weight excluding hydrogens is 469 g/mol. The van der Waals surface area contributed by atoms with Crippen LogP contribution in [-0.2, 0) is 27.9 Å². The van der Waals surface area contributed by atoms with E-state index in [4.69, 9.17) is 15.0 Å². The molecule has 4 N–H and O–H groups in total. The van der Waals surface area contributed by atoms with Gasteiger partial charge in [-0.1, -0.05) is 11.8 Å². The van der Waals surface area contributed by atoms with Crippen LogP contribution in [0.25, 0.3) is 11.2 Å². The number of hydrogen-bond acceptors (Lipinski definition) is 13. The van der Waals surface area contributed by atoms with E-state index in [-0.39, 0.29) is 36.1 Å². The Labute approximate surface area is 185 Å². The predicted octanol–water partition coefficient (Wildman–Crippen LogP) is -0.721. The molecule has 0 spiro atoms. The average molecular weight is 490 g/mol. The van der Waals surface area contributed by atoms with Crippen molar-refractivity contribution in [3.63, 3.8) is 0 Å². The fourth-order valence-corrected chi connectivity index (χ4v) is 5.46. The van der Waals surface area contributed by atoms with Crippen LogP contribution in [0.5, 0.6) is 0 Å². The number of nitrogens with two attached hydrogens (primary N) is 1. The first-order valence-corrected chi connectivity index (χ1v) is 12.1. The normalized spacial score (nSPS) is 29.8. The molecule has 32 heavy (non-hydrogen) atoms. The highest BCUT2D eigenvalue weighted by molar-refractivity contribution is 7.99. The van der Waals surface area contributed by atoms with Gasteiger partial charge < -0.3 is 34.3 Å². The molecule has 2 fully saturated rings. The van der Waals surface area contributed by atoms with Gasteiger partial charge in [0.2, 0.25) is 5.95 Å². The quantitative estimate of drug-likeness (QED) is 0.190. The molecule has 2 aromatic rings. The van der Waals surface area contributed by atoms with Gasteiger partial charge in [-0.2, -0.15) is 4.98 Å². The molecule has 2 aliphatic rings. The first-order valence-electron chi connectivity index (χ1n) is 9.65. The van der Waals surface area contributed by atoms with E-state index in [0.717, 1.165) is 0 Å². The Hall–Kier alpha value is -2.00. The second-order valence-electron chi connectivity index (χ2n) is 7.14. The molecule has 16 heteroatoms. The Kier molecular flexibility index (Phi) is 6.58. The summed E-state index contributed by atoms with van der Waals surface area (Å²) in [4.78, 5) is 46.1. The number of unbranched alkanes of at least 4 members (excludes halogenated alkanes) is 1. The van der Waals surface area contributed by atoms with Crippen LogP contribution in [0.2, 0.25) is 0 Å². The van der Waals surface area contributed by atoms with E-state index in [1.54, 1.807) is 0 Å². The van der Waals surface area contributed by atoms with Crippen LogP contribution in [0.4, 0.5) is 5.95 Å². The molecule has 4 heterocycles. The van der Waals surface area contributed by atoms with Gasteiger partial charge in [-0.05, 0) is 12.8 Å². The van der Waals surface area contributed by atoms with Crippen molar-refractivity contribution in [2.45, 2.75) is 49.0 Å². The molecule has 176 valence electrons. The lowest BCUT2D eigenvalue weighted by Gasteiger charge is -2.34. The monoisotopic (exact) mass is 490 g/mol. The van der Waals surface area contributed by atoms with Gasteiger partial charge in [0, 0.05) is 12.2 Å². The fourth-order valence-electron chi connectivity index (χ4n) is 3.49. The summed E-state index contributed by atoms with van der Waals surface area (Å²) >= 11 is 1.26. The number of anilines is 1. The molecular formula is C16H21N5O9PS-. The average Bonchev–Trinajstić information content (AvgIpc) is 3.24. The molecule has 2 aliphatic heterocycles. The number of rotatable bonds is 7. The van der Waals surface area contributed by atoms with E-state index >= 15 is 0 Å². The third-order valence-electron chi connectivity index (χ3n) is 4.98. The van der Waals surface area contributed by atoms with Crippen molar-refractivity contribution in [2.75, 3.05) is 25.2 Å². The number of imidazole rings is 1. The smallest absolute Gasteiger partial charge is 0.305 e. The minimum atomic E-state index is -4.56. The van der Waals surface area contributed by atoms with Crippen molar-refractivity contribution in [1.29, 1.82) is 0 Å². The van der Waals surface area contributed by atoms with Crippen LogP contribution < -0.4 is 16.2 Å². The SMILES string of the molecule is COC(=O)CCCCSc1nc2c(=O)[nH]c(N)nc2n1[C@@H]1OC2COP(=O)([O-])O[C@H]2C1O. The molecule has 0 radical (unpaired) electrons. The van der Waals surface area contributed by atoms with Crippen molar-refractivity contribution >= 4 is 42.7 Å². The number of carbonyl (C=O) groups excluding carboxylic acids is 1. The number of carbonyl (C=O) groups is 1. The molecule has 2 saturated heterocycles. The van der Waals surface area contributed by atoms with Gasteiger partial charge in [0.15, 0.2) is 22.5 Å². The number of aromatic amines is 1. The number of methoxy groups -OCH3 is 1. The van der Waals surface area contributed by atoms with Gasteiger partial charge in [-0.3, -0.25) is 23.7 Å². The predicted molar refractivity (Wildman–Crippen MR) is 108 cm³/mol. The molecule has 0 bridgehead atoms. The topological polar surface area (TPSA) is 204 Å². The number of nitrogen functional groups attached to an aromatic ring is 1. The maximum absolute atomic E-state index is 12.3. The highest BCUT2D eigenvalue weighted by Crippen LogP contribution is 2.50. The van der Waals surface area contributed by atoms with E-state index in [0.29, 0.717) is 23.8 Å². The van der Waals surface area contributed by atoms with Crippen LogP contribution in [-0.4, -0.2) is 68.4 Å². The highest BCUT2D eigenvalue weighted by Gasteiger charge is 2.51. The fraction of sp³-hybridized carbons (Fsp3) is 0.625. The Morgan fingerprint density at radius 3 is 3.00 bits per heavy atom. The number of aliphatic hydroxyl groups is 1. The lowest BCUT2D eigenvalue weighted by molar-refractivity contribution is -0.245. The number of phosphoric acid groups is 1. The van der Waals surface area contributed by atoms with Crippen molar-refractivity contribution in [3.05, 3.63) is 10.4 Å². The number of esters is 1. The molecule has 0 amide bonds. The lowest BCUT2D eigenvalue weighted by Crippen LogP contribution is -2.41. The van der Waals surface area contributed by atoms with Crippen LogP contribution in [0.1, 0.15) is 25.5 Å². The number of aliphatic hydroxyl groups excluding tert-OH is 1. The van der Waals surface area contributed by atoms with Crippen molar-refractivity contribution in [3.8, 4) is 0 Å². The second-order valence-corrected chi connectivity index (χ2v) is 9.56. The highest BCUT2D eigenvalue weighted by atomic mass is 32.2. The van der Waals surface area contributed by atoms with Crippen molar-refractivity contribution in [1.82, 2.24) is 19.5 Å². The largest absolute Gasteiger partial charge is 0.756 e. The third-order valence-corrected chi connectivity index (χ3v) is 6.99. The Morgan fingerprint density at radius 1 is 1.47 bits per heavy atom. The number of aromatic nitrogens is 4. The van der Waals surface area contributed by atoms with Gasteiger partial charge in [-0.25, -0.2) is 4.98 Å². The minimum Gasteiger partial charge on any atom is -0.756 e. The van der Waals surface area contributed by atoms with E-state index in [2.05, 4.69) is 24.2 Å².